The lowest BCUT2D eigenvalue weighted by Crippen LogP contribution is -2.52. The number of aryl methyl sites for hydroxylation is 2. The molecule has 152 valence electrons. The number of piperidine rings is 1. The maximum Gasteiger partial charge on any atom is 0.227 e. The lowest BCUT2D eigenvalue weighted by Gasteiger charge is -2.43. The zero-order chi connectivity index (χ0) is 20.0. The molecular weight excluding hydrogens is 390 g/mol. The number of aromatic nitrogens is 4. The summed E-state index contributed by atoms with van der Waals surface area (Å²) < 4.78 is 7.05. The highest BCUT2D eigenvalue weighted by Gasteiger charge is 2.50. The zero-order valence-electron chi connectivity index (χ0n) is 16.2. The van der Waals surface area contributed by atoms with Crippen molar-refractivity contribution < 1.29 is 14.4 Å². The smallest absolute Gasteiger partial charge is 0.227 e. The van der Waals surface area contributed by atoms with E-state index in [0.29, 0.717) is 37.4 Å². The molecule has 9 heteroatoms. The predicted molar refractivity (Wildman–Crippen MR) is 106 cm³/mol. The van der Waals surface area contributed by atoms with Gasteiger partial charge in [-0.3, -0.25) is 9.48 Å². The molecule has 2 atom stereocenters. The predicted octanol–water partition coefficient (Wildman–Crippen LogP) is 2.51. The molecule has 2 bridgehead atoms. The molecule has 0 aliphatic carbocycles. The van der Waals surface area contributed by atoms with E-state index in [-0.39, 0.29) is 18.0 Å². The fraction of sp³-hybridized carbons (Fsp3) is 0.500. The normalized spacial score (nSPS) is 26.2. The molecule has 0 radical (unpaired) electrons. The topological polar surface area (TPSA) is 97.3 Å². The van der Waals surface area contributed by atoms with E-state index >= 15 is 0 Å². The van der Waals surface area contributed by atoms with Crippen LogP contribution in [-0.4, -0.2) is 47.9 Å². The third-order valence-electron chi connectivity index (χ3n) is 6.11. The number of hydrogen-bond donors (Lipinski definition) is 1. The second-order valence-electron chi connectivity index (χ2n) is 7.95. The highest BCUT2D eigenvalue weighted by atomic mass is 32.1. The van der Waals surface area contributed by atoms with E-state index in [1.54, 1.807) is 22.2 Å². The van der Waals surface area contributed by atoms with Gasteiger partial charge in [-0.15, -0.1) is 11.3 Å². The summed E-state index contributed by atoms with van der Waals surface area (Å²) in [6, 6.07) is 5.88. The van der Waals surface area contributed by atoms with Crippen LogP contribution in [-0.2, 0) is 23.9 Å². The molecule has 0 unspecified atom stereocenters. The number of thiophene rings is 1. The van der Waals surface area contributed by atoms with Crippen LogP contribution < -0.4 is 0 Å². The largest absolute Gasteiger partial charge is 0.383 e. The fourth-order valence-electron chi connectivity index (χ4n) is 4.88. The third-order valence-corrected chi connectivity index (χ3v) is 6.98. The van der Waals surface area contributed by atoms with Crippen LogP contribution >= 0.6 is 11.3 Å². The molecule has 5 heterocycles. The Hall–Kier alpha value is -2.52. The number of carbonyl (C=O) groups excluding carboxylic acids is 1. The summed E-state index contributed by atoms with van der Waals surface area (Å²) >= 11 is 1.55. The molecular formula is C20H23N5O3S. The molecule has 0 aromatic carbocycles. The summed E-state index contributed by atoms with van der Waals surface area (Å²) in [5.74, 6) is 1.15. The van der Waals surface area contributed by atoms with Crippen molar-refractivity contribution in [2.75, 3.05) is 0 Å². The third kappa shape index (κ3) is 3.28. The highest BCUT2D eigenvalue weighted by Crippen LogP contribution is 2.45. The van der Waals surface area contributed by atoms with Gasteiger partial charge < -0.3 is 14.5 Å². The highest BCUT2D eigenvalue weighted by molar-refractivity contribution is 7.13. The Bertz CT molecular complexity index is 997. The van der Waals surface area contributed by atoms with Gasteiger partial charge in [0.15, 0.2) is 0 Å². The van der Waals surface area contributed by atoms with E-state index in [9.17, 15) is 9.90 Å². The van der Waals surface area contributed by atoms with Gasteiger partial charge in [0.1, 0.15) is 5.60 Å². The lowest BCUT2D eigenvalue weighted by atomic mass is 9.83. The molecule has 8 nitrogen and oxygen atoms in total. The van der Waals surface area contributed by atoms with E-state index in [0.717, 1.165) is 23.4 Å². The molecule has 3 aromatic rings. The minimum Gasteiger partial charge on any atom is -0.383 e. The van der Waals surface area contributed by atoms with Gasteiger partial charge in [0, 0.05) is 51.0 Å². The summed E-state index contributed by atoms with van der Waals surface area (Å²) in [7, 11) is 1.85. The van der Waals surface area contributed by atoms with Crippen LogP contribution in [0.25, 0.3) is 10.7 Å². The van der Waals surface area contributed by atoms with Crippen molar-refractivity contribution in [2.45, 2.75) is 56.2 Å². The van der Waals surface area contributed by atoms with E-state index in [1.807, 2.05) is 35.5 Å². The lowest BCUT2D eigenvalue weighted by molar-refractivity contribution is -0.142. The number of aliphatic hydroxyl groups is 1. The fourth-order valence-corrected chi connectivity index (χ4v) is 5.53. The van der Waals surface area contributed by atoms with Crippen LogP contribution in [0.1, 0.15) is 43.7 Å². The summed E-state index contributed by atoms with van der Waals surface area (Å²) in [6.07, 6.45) is 5.44. The van der Waals surface area contributed by atoms with Crippen LogP contribution in [0.3, 0.4) is 0 Å². The van der Waals surface area contributed by atoms with Crippen molar-refractivity contribution in [2.24, 2.45) is 7.05 Å². The Morgan fingerprint density at radius 3 is 2.79 bits per heavy atom. The quantitative estimate of drug-likeness (QED) is 0.690. The minimum absolute atomic E-state index is 0.0607. The van der Waals surface area contributed by atoms with Crippen molar-refractivity contribution in [3.05, 3.63) is 41.4 Å². The Balaban J connectivity index is 1.24. The monoisotopic (exact) mass is 413 g/mol. The van der Waals surface area contributed by atoms with E-state index in [2.05, 4.69) is 15.2 Å². The first kappa shape index (κ1) is 18.5. The number of fused-ring (bicyclic) bond motifs is 2. The van der Waals surface area contributed by atoms with Crippen molar-refractivity contribution in [1.82, 2.24) is 24.8 Å². The van der Waals surface area contributed by atoms with Crippen LogP contribution in [0.2, 0.25) is 0 Å². The number of carbonyl (C=O) groups is 1. The molecule has 3 aromatic heterocycles. The molecule has 2 fully saturated rings. The molecule has 0 spiro atoms. The van der Waals surface area contributed by atoms with Crippen LogP contribution in [0, 0.1) is 0 Å². The first-order valence-electron chi connectivity index (χ1n) is 9.92. The van der Waals surface area contributed by atoms with E-state index in [4.69, 9.17) is 4.52 Å². The summed E-state index contributed by atoms with van der Waals surface area (Å²) in [5.41, 5.74) is -0.0934. The van der Waals surface area contributed by atoms with Gasteiger partial charge in [-0.1, -0.05) is 11.2 Å². The van der Waals surface area contributed by atoms with Gasteiger partial charge in [-0.25, -0.2) is 0 Å². The SMILES string of the molecule is Cn1nccc1C1(O)C[C@@H]2CC[C@@H](C1)N2C(=O)CCc1nc(-c2cccs2)no1. The van der Waals surface area contributed by atoms with Crippen molar-refractivity contribution in [3.63, 3.8) is 0 Å². The summed E-state index contributed by atoms with van der Waals surface area (Å²) in [5, 5.41) is 21.4. The number of rotatable bonds is 5. The van der Waals surface area contributed by atoms with Crippen molar-refractivity contribution >= 4 is 17.2 Å². The van der Waals surface area contributed by atoms with Gasteiger partial charge in [-0.2, -0.15) is 10.1 Å². The van der Waals surface area contributed by atoms with Gasteiger partial charge in [-0.05, 0) is 30.4 Å². The van der Waals surface area contributed by atoms with E-state index in [1.165, 1.54) is 0 Å². The first-order chi connectivity index (χ1) is 14.0. The zero-order valence-corrected chi connectivity index (χ0v) is 17.0. The molecule has 0 saturated carbocycles. The number of amides is 1. The standard InChI is InChI=1S/C20H23N5O3S/c1-24-16(8-9-21-24)20(27)11-13-4-5-14(12-20)25(13)18(26)7-6-17-22-19(23-28-17)15-3-2-10-29-15/h2-3,8-10,13-14,27H,4-7,11-12H2,1H3/t13-,14-/m0/s1. The van der Waals surface area contributed by atoms with E-state index < -0.39 is 5.60 Å². The summed E-state index contributed by atoms with van der Waals surface area (Å²) in [6.45, 7) is 0. The molecule has 2 saturated heterocycles. The number of hydrogen-bond acceptors (Lipinski definition) is 7. The first-order valence-corrected chi connectivity index (χ1v) is 10.8. The number of nitrogens with zero attached hydrogens (tertiary/aromatic N) is 5. The molecule has 1 amide bonds. The molecule has 2 aliphatic heterocycles. The molecule has 29 heavy (non-hydrogen) atoms. The Morgan fingerprint density at radius 1 is 1.34 bits per heavy atom. The van der Waals surface area contributed by atoms with Gasteiger partial charge in [0.25, 0.3) is 0 Å². The Kier molecular flexibility index (Phi) is 4.51. The van der Waals surface area contributed by atoms with Crippen molar-refractivity contribution in [3.8, 4) is 10.7 Å². The van der Waals surface area contributed by atoms with Gasteiger partial charge >= 0.3 is 0 Å². The maximum absolute atomic E-state index is 13.0. The molecule has 5 rings (SSSR count). The Morgan fingerprint density at radius 2 is 2.14 bits per heavy atom. The summed E-state index contributed by atoms with van der Waals surface area (Å²) in [4.78, 5) is 20.3. The molecule has 1 N–H and O–H groups in total. The molecule has 2 aliphatic rings. The maximum atomic E-state index is 13.0. The second-order valence-corrected chi connectivity index (χ2v) is 8.90. The van der Waals surface area contributed by atoms with Gasteiger partial charge in [0.05, 0.1) is 10.6 Å². The van der Waals surface area contributed by atoms with Crippen LogP contribution in [0.4, 0.5) is 0 Å². The second kappa shape index (κ2) is 7.07. The average molecular weight is 414 g/mol. The van der Waals surface area contributed by atoms with Crippen molar-refractivity contribution in [1.29, 1.82) is 0 Å². The Labute approximate surface area is 172 Å². The average Bonchev–Trinajstić information content (AvgIpc) is 3.47. The van der Waals surface area contributed by atoms with Crippen LogP contribution in [0.5, 0.6) is 0 Å². The van der Waals surface area contributed by atoms with Crippen LogP contribution in [0.15, 0.2) is 34.3 Å². The van der Waals surface area contributed by atoms with Gasteiger partial charge in [0.2, 0.25) is 17.6 Å². The minimum atomic E-state index is -0.921.